The van der Waals surface area contributed by atoms with Crippen LogP contribution in [-0.4, -0.2) is 76.5 Å². The minimum Gasteiger partial charge on any atom is -0.479 e. The van der Waals surface area contributed by atoms with Crippen LogP contribution in [0.2, 0.25) is 0 Å². The Balaban J connectivity index is 2.13. The summed E-state index contributed by atoms with van der Waals surface area (Å²) in [6.07, 6.45) is 1.23. The van der Waals surface area contributed by atoms with E-state index in [9.17, 15) is 14.7 Å². The number of ether oxygens (including phenoxy) is 1. The first-order valence-corrected chi connectivity index (χ1v) is 7.07. The summed E-state index contributed by atoms with van der Waals surface area (Å²) >= 11 is 0. The fourth-order valence-electron chi connectivity index (χ4n) is 3.07. The van der Waals surface area contributed by atoms with E-state index in [4.69, 9.17) is 9.84 Å². The van der Waals surface area contributed by atoms with Crippen molar-refractivity contribution in [3.05, 3.63) is 0 Å². The zero-order valence-corrected chi connectivity index (χ0v) is 11.7. The predicted molar refractivity (Wildman–Crippen MR) is 70.4 cm³/mol. The maximum Gasteiger partial charge on any atom is 0.329 e. The SMILES string of the molecule is CCC1(C(=O)O)CCCN1C(=O)N1CCOC(CO)C1. The van der Waals surface area contributed by atoms with E-state index in [1.54, 1.807) is 11.8 Å². The molecule has 20 heavy (non-hydrogen) atoms. The number of urea groups is 1. The number of aliphatic hydroxyl groups is 1. The average Bonchev–Trinajstić information content (AvgIpc) is 2.91. The Bertz CT molecular complexity index is 389. The summed E-state index contributed by atoms with van der Waals surface area (Å²) in [5.41, 5.74) is -1.08. The van der Waals surface area contributed by atoms with Gasteiger partial charge in [0.2, 0.25) is 0 Å². The van der Waals surface area contributed by atoms with Crippen molar-refractivity contribution in [3.63, 3.8) is 0 Å². The molecule has 2 aliphatic heterocycles. The summed E-state index contributed by atoms with van der Waals surface area (Å²) < 4.78 is 5.32. The van der Waals surface area contributed by atoms with E-state index >= 15 is 0 Å². The predicted octanol–water partition coefficient (Wildman–Crippen LogP) is 0.129. The molecule has 2 unspecified atom stereocenters. The second kappa shape index (κ2) is 5.97. The molecule has 7 nitrogen and oxygen atoms in total. The molecular formula is C13H22N2O5. The van der Waals surface area contributed by atoms with E-state index in [-0.39, 0.29) is 18.7 Å². The summed E-state index contributed by atoms with van der Waals surface area (Å²) in [6.45, 7) is 3.25. The Hall–Kier alpha value is -1.34. The number of carboxylic acid groups (broad SMARTS) is 1. The fourth-order valence-corrected chi connectivity index (χ4v) is 3.07. The van der Waals surface area contributed by atoms with Crippen LogP contribution in [0.5, 0.6) is 0 Å². The van der Waals surface area contributed by atoms with E-state index in [1.807, 2.05) is 0 Å². The van der Waals surface area contributed by atoms with Crippen LogP contribution in [0.15, 0.2) is 0 Å². The summed E-state index contributed by atoms with van der Waals surface area (Å²) in [4.78, 5) is 27.3. The molecule has 114 valence electrons. The lowest BCUT2D eigenvalue weighted by Crippen LogP contribution is -2.59. The van der Waals surface area contributed by atoms with Gasteiger partial charge in [0.15, 0.2) is 0 Å². The number of nitrogens with zero attached hydrogens (tertiary/aromatic N) is 2. The number of carbonyl (C=O) groups excluding carboxylic acids is 1. The molecule has 2 rings (SSSR count). The molecule has 2 amide bonds. The quantitative estimate of drug-likeness (QED) is 0.769. The summed E-state index contributed by atoms with van der Waals surface area (Å²) in [5, 5.41) is 18.6. The largest absolute Gasteiger partial charge is 0.479 e. The van der Waals surface area contributed by atoms with Gasteiger partial charge in [-0.1, -0.05) is 6.92 Å². The van der Waals surface area contributed by atoms with Gasteiger partial charge >= 0.3 is 12.0 Å². The third-order valence-electron chi connectivity index (χ3n) is 4.32. The molecule has 2 atom stereocenters. The van der Waals surface area contributed by atoms with Crippen molar-refractivity contribution in [3.8, 4) is 0 Å². The molecule has 0 radical (unpaired) electrons. The number of hydrogen-bond donors (Lipinski definition) is 2. The average molecular weight is 286 g/mol. The van der Waals surface area contributed by atoms with E-state index in [0.717, 1.165) is 0 Å². The van der Waals surface area contributed by atoms with Crippen molar-refractivity contribution < 1.29 is 24.5 Å². The van der Waals surface area contributed by atoms with Gasteiger partial charge in [0.05, 0.1) is 25.9 Å². The highest BCUT2D eigenvalue weighted by atomic mass is 16.5. The smallest absolute Gasteiger partial charge is 0.329 e. The molecule has 2 heterocycles. The van der Waals surface area contributed by atoms with Gasteiger partial charge in [0.25, 0.3) is 0 Å². The lowest BCUT2D eigenvalue weighted by atomic mass is 9.93. The minimum atomic E-state index is -1.08. The molecule has 0 spiro atoms. The third kappa shape index (κ3) is 2.47. The molecule has 0 aliphatic carbocycles. The van der Waals surface area contributed by atoms with Crippen LogP contribution in [0.25, 0.3) is 0 Å². The molecular weight excluding hydrogens is 264 g/mol. The molecule has 0 aromatic carbocycles. The minimum absolute atomic E-state index is 0.137. The maximum absolute atomic E-state index is 12.6. The van der Waals surface area contributed by atoms with Gasteiger partial charge < -0.3 is 24.7 Å². The van der Waals surface area contributed by atoms with E-state index in [0.29, 0.717) is 45.5 Å². The number of amides is 2. The third-order valence-corrected chi connectivity index (χ3v) is 4.32. The Morgan fingerprint density at radius 3 is 2.75 bits per heavy atom. The topological polar surface area (TPSA) is 90.3 Å². The second-order valence-electron chi connectivity index (χ2n) is 5.35. The molecule has 2 saturated heterocycles. The van der Waals surface area contributed by atoms with E-state index in [2.05, 4.69) is 0 Å². The van der Waals surface area contributed by atoms with Crippen molar-refractivity contribution in [1.29, 1.82) is 0 Å². The standard InChI is InChI=1S/C13H22N2O5/c1-2-13(11(17)18)4-3-5-15(13)12(19)14-6-7-20-10(8-14)9-16/h10,16H,2-9H2,1H3,(H,17,18). The lowest BCUT2D eigenvalue weighted by Gasteiger charge is -2.40. The van der Waals surface area contributed by atoms with Crippen LogP contribution in [0.4, 0.5) is 4.79 Å². The molecule has 0 aromatic rings. The fraction of sp³-hybridized carbons (Fsp3) is 0.846. The highest BCUT2D eigenvalue weighted by molar-refractivity contribution is 5.87. The maximum atomic E-state index is 12.6. The summed E-state index contributed by atoms with van der Waals surface area (Å²) in [5.74, 6) is -0.933. The van der Waals surface area contributed by atoms with Gasteiger partial charge in [-0.05, 0) is 19.3 Å². The number of likely N-dealkylation sites (tertiary alicyclic amines) is 1. The molecule has 0 saturated carbocycles. The van der Waals surface area contributed by atoms with Gasteiger partial charge in [-0.15, -0.1) is 0 Å². The number of rotatable bonds is 3. The molecule has 2 fully saturated rings. The van der Waals surface area contributed by atoms with Gasteiger partial charge in [-0.3, -0.25) is 0 Å². The highest BCUT2D eigenvalue weighted by Gasteiger charge is 2.49. The zero-order chi connectivity index (χ0) is 14.8. The normalized spacial score (nSPS) is 30.6. The van der Waals surface area contributed by atoms with Crippen LogP contribution in [0.1, 0.15) is 26.2 Å². The second-order valence-corrected chi connectivity index (χ2v) is 5.35. The molecule has 2 N–H and O–H groups in total. The summed E-state index contributed by atoms with van der Waals surface area (Å²) in [7, 11) is 0. The Kier molecular flexibility index (Phi) is 4.49. The summed E-state index contributed by atoms with van der Waals surface area (Å²) in [6, 6.07) is -0.256. The van der Waals surface area contributed by atoms with Crippen molar-refractivity contribution in [2.75, 3.05) is 32.8 Å². The van der Waals surface area contributed by atoms with Crippen molar-refractivity contribution >= 4 is 12.0 Å². The number of aliphatic carboxylic acids is 1. The molecule has 0 bridgehead atoms. The molecule has 0 aromatic heterocycles. The Morgan fingerprint density at radius 2 is 2.15 bits per heavy atom. The number of carbonyl (C=O) groups is 2. The number of morpholine rings is 1. The van der Waals surface area contributed by atoms with Crippen molar-refractivity contribution in [1.82, 2.24) is 9.80 Å². The molecule has 7 heteroatoms. The first kappa shape index (κ1) is 15.1. The lowest BCUT2D eigenvalue weighted by molar-refractivity contribution is -0.148. The number of aliphatic hydroxyl groups excluding tert-OH is 1. The highest BCUT2D eigenvalue weighted by Crippen LogP contribution is 2.33. The van der Waals surface area contributed by atoms with Gasteiger partial charge in [-0.25, -0.2) is 9.59 Å². The Labute approximate surface area is 118 Å². The monoisotopic (exact) mass is 286 g/mol. The van der Waals surface area contributed by atoms with Crippen molar-refractivity contribution in [2.45, 2.75) is 37.8 Å². The number of hydrogen-bond acceptors (Lipinski definition) is 4. The van der Waals surface area contributed by atoms with Gasteiger partial charge in [-0.2, -0.15) is 0 Å². The van der Waals surface area contributed by atoms with E-state index < -0.39 is 11.5 Å². The first-order chi connectivity index (χ1) is 9.55. The van der Waals surface area contributed by atoms with Crippen LogP contribution >= 0.6 is 0 Å². The van der Waals surface area contributed by atoms with Crippen LogP contribution in [0, 0.1) is 0 Å². The van der Waals surface area contributed by atoms with Crippen LogP contribution in [0.3, 0.4) is 0 Å². The number of carboxylic acids is 1. The van der Waals surface area contributed by atoms with Crippen LogP contribution < -0.4 is 0 Å². The Morgan fingerprint density at radius 1 is 1.40 bits per heavy atom. The zero-order valence-electron chi connectivity index (χ0n) is 11.7. The molecule has 2 aliphatic rings. The van der Waals surface area contributed by atoms with Crippen LogP contribution in [-0.2, 0) is 9.53 Å². The van der Waals surface area contributed by atoms with Crippen molar-refractivity contribution in [2.24, 2.45) is 0 Å². The van der Waals surface area contributed by atoms with E-state index in [1.165, 1.54) is 4.90 Å². The van der Waals surface area contributed by atoms with Gasteiger partial charge in [0, 0.05) is 13.1 Å². The first-order valence-electron chi connectivity index (χ1n) is 7.07. The van der Waals surface area contributed by atoms with Gasteiger partial charge in [0.1, 0.15) is 5.54 Å².